The average molecular weight is 380 g/mol. The first-order chi connectivity index (χ1) is 13.6. The van der Waals surface area contributed by atoms with E-state index in [1.807, 2.05) is 19.2 Å². The molecule has 9 nitrogen and oxygen atoms in total. The Hall–Kier alpha value is -3.40. The van der Waals surface area contributed by atoms with Gasteiger partial charge in [0.05, 0.1) is 13.1 Å². The summed E-state index contributed by atoms with van der Waals surface area (Å²) in [6.45, 7) is 1.20. The fraction of sp³-hybridized carbons (Fsp3) is 0.278. The van der Waals surface area contributed by atoms with E-state index in [1.165, 1.54) is 18.5 Å². The van der Waals surface area contributed by atoms with Crippen molar-refractivity contribution < 1.29 is 9.13 Å². The molecule has 0 atom stereocenters. The lowest BCUT2D eigenvalue weighted by molar-refractivity contribution is -0.0483. The minimum atomic E-state index is -0.519. The molecule has 0 spiro atoms. The van der Waals surface area contributed by atoms with E-state index in [0.29, 0.717) is 24.6 Å². The number of nitrogens with zero attached hydrogens (tertiary/aromatic N) is 8. The van der Waals surface area contributed by atoms with E-state index in [2.05, 4.69) is 30.3 Å². The van der Waals surface area contributed by atoms with Crippen LogP contribution in [0.25, 0.3) is 17.0 Å². The van der Waals surface area contributed by atoms with Crippen molar-refractivity contribution in [2.24, 2.45) is 7.05 Å². The van der Waals surface area contributed by atoms with Gasteiger partial charge in [-0.25, -0.2) is 9.37 Å². The Morgan fingerprint density at radius 2 is 1.86 bits per heavy atom. The number of ether oxygens (including phenoxy) is 1. The number of hydrogen-bond acceptors (Lipinski definition) is 7. The number of rotatable bonds is 4. The molecule has 142 valence electrons. The van der Waals surface area contributed by atoms with Crippen molar-refractivity contribution in [2.45, 2.75) is 5.60 Å². The molecule has 0 N–H and O–H groups in total. The molecule has 1 fully saturated rings. The van der Waals surface area contributed by atoms with E-state index in [0.717, 1.165) is 17.2 Å². The topological polar surface area (TPSA) is 86.3 Å². The van der Waals surface area contributed by atoms with E-state index in [1.54, 1.807) is 28.4 Å². The van der Waals surface area contributed by atoms with Gasteiger partial charge in [-0.1, -0.05) is 0 Å². The molecule has 3 aromatic heterocycles. The summed E-state index contributed by atoms with van der Waals surface area (Å²) in [6.07, 6.45) is 1.52. The summed E-state index contributed by atoms with van der Waals surface area (Å²) in [5, 5.41) is 17.2. The van der Waals surface area contributed by atoms with Gasteiger partial charge in [0.2, 0.25) is 0 Å². The van der Waals surface area contributed by atoms with E-state index in [4.69, 9.17) is 4.74 Å². The quantitative estimate of drug-likeness (QED) is 0.529. The van der Waals surface area contributed by atoms with E-state index >= 15 is 0 Å². The van der Waals surface area contributed by atoms with Crippen LogP contribution in [-0.2, 0) is 17.4 Å². The molecule has 4 aromatic rings. The first kappa shape index (κ1) is 16.8. The van der Waals surface area contributed by atoms with Crippen molar-refractivity contribution in [3.8, 4) is 11.4 Å². The largest absolute Gasteiger partial charge is 0.366 e. The number of aromatic nitrogens is 7. The lowest BCUT2D eigenvalue weighted by Crippen LogP contribution is -2.62. The second-order valence-electron chi connectivity index (χ2n) is 6.75. The first-order valence-corrected chi connectivity index (χ1v) is 8.73. The van der Waals surface area contributed by atoms with Gasteiger partial charge < -0.3 is 9.64 Å². The summed E-state index contributed by atoms with van der Waals surface area (Å²) in [4.78, 5) is 6.42. The highest BCUT2D eigenvalue weighted by atomic mass is 19.1. The lowest BCUT2D eigenvalue weighted by Gasteiger charge is -2.48. The molecular formula is C18H17FN8O. The Morgan fingerprint density at radius 1 is 1.07 bits per heavy atom. The molecule has 1 aromatic carbocycles. The Balaban J connectivity index is 1.47. The van der Waals surface area contributed by atoms with Gasteiger partial charge in [-0.05, 0) is 36.4 Å². The van der Waals surface area contributed by atoms with Crippen LogP contribution < -0.4 is 4.90 Å². The standard InChI is InChI=1S/C18H17FN8O/c1-25-17(20-11-21-25)18(28-2)9-26(10-18)15-8-7-14-22-23-16(27(14)24-15)12-3-5-13(19)6-4-12/h3-8,11H,9-10H2,1-2H3. The fourth-order valence-corrected chi connectivity index (χ4v) is 3.53. The van der Waals surface area contributed by atoms with E-state index in [-0.39, 0.29) is 5.82 Å². The maximum absolute atomic E-state index is 13.2. The molecule has 5 rings (SSSR count). The van der Waals surface area contributed by atoms with Gasteiger partial charge in [0.15, 0.2) is 22.9 Å². The van der Waals surface area contributed by atoms with Gasteiger partial charge in [0, 0.05) is 19.7 Å². The van der Waals surface area contributed by atoms with Crippen LogP contribution in [-0.4, -0.2) is 54.8 Å². The van der Waals surface area contributed by atoms with Crippen LogP contribution in [0, 0.1) is 5.82 Å². The highest BCUT2D eigenvalue weighted by Crippen LogP contribution is 2.36. The summed E-state index contributed by atoms with van der Waals surface area (Å²) >= 11 is 0. The maximum Gasteiger partial charge on any atom is 0.185 e. The predicted molar refractivity (Wildman–Crippen MR) is 98.1 cm³/mol. The van der Waals surface area contributed by atoms with Crippen LogP contribution in [0.3, 0.4) is 0 Å². The molecule has 28 heavy (non-hydrogen) atoms. The predicted octanol–water partition coefficient (Wildman–Crippen LogP) is 1.42. The second kappa shape index (κ2) is 6.06. The van der Waals surface area contributed by atoms with Crippen molar-refractivity contribution in [1.82, 2.24) is 34.6 Å². The Morgan fingerprint density at radius 3 is 2.54 bits per heavy atom. The monoisotopic (exact) mass is 380 g/mol. The summed E-state index contributed by atoms with van der Waals surface area (Å²) in [6, 6.07) is 9.86. The van der Waals surface area contributed by atoms with Crippen LogP contribution in [0.5, 0.6) is 0 Å². The normalized spacial score (nSPS) is 15.8. The Labute approximate surface area is 159 Å². The molecule has 1 aliphatic rings. The zero-order valence-corrected chi connectivity index (χ0v) is 15.3. The number of halogens is 1. The number of hydrogen-bond donors (Lipinski definition) is 0. The molecule has 1 saturated heterocycles. The van der Waals surface area contributed by atoms with Crippen molar-refractivity contribution in [3.63, 3.8) is 0 Å². The van der Waals surface area contributed by atoms with Gasteiger partial charge in [-0.15, -0.1) is 15.3 Å². The lowest BCUT2D eigenvalue weighted by atomic mass is 9.92. The third-order valence-electron chi connectivity index (χ3n) is 5.08. The van der Waals surface area contributed by atoms with Crippen LogP contribution >= 0.6 is 0 Å². The van der Waals surface area contributed by atoms with E-state index in [9.17, 15) is 4.39 Å². The second-order valence-corrected chi connectivity index (χ2v) is 6.75. The van der Waals surface area contributed by atoms with Crippen LogP contribution in [0.15, 0.2) is 42.7 Å². The molecule has 4 heterocycles. The van der Waals surface area contributed by atoms with Gasteiger partial charge in [-0.3, -0.25) is 4.68 Å². The van der Waals surface area contributed by atoms with Crippen molar-refractivity contribution in [1.29, 1.82) is 0 Å². The van der Waals surface area contributed by atoms with Gasteiger partial charge in [-0.2, -0.15) is 9.61 Å². The summed E-state index contributed by atoms with van der Waals surface area (Å²) in [7, 11) is 3.53. The molecule has 1 aliphatic heterocycles. The van der Waals surface area contributed by atoms with Crippen molar-refractivity contribution in [3.05, 3.63) is 54.4 Å². The zero-order chi connectivity index (χ0) is 19.3. The van der Waals surface area contributed by atoms with E-state index < -0.39 is 5.60 Å². The number of aryl methyl sites for hydroxylation is 1. The summed E-state index contributed by atoms with van der Waals surface area (Å²) in [5.41, 5.74) is 0.844. The highest BCUT2D eigenvalue weighted by Gasteiger charge is 2.49. The fourth-order valence-electron chi connectivity index (χ4n) is 3.53. The third kappa shape index (κ3) is 2.45. The van der Waals surface area contributed by atoms with Crippen LogP contribution in [0.2, 0.25) is 0 Å². The highest BCUT2D eigenvalue weighted by molar-refractivity contribution is 5.60. The molecule has 10 heteroatoms. The summed E-state index contributed by atoms with van der Waals surface area (Å²) < 4.78 is 22.4. The van der Waals surface area contributed by atoms with Gasteiger partial charge >= 0.3 is 0 Å². The molecular weight excluding hydrogens is 363 g/mol. The Kier molecular flexibility index (Phi) is 3.63. The smallest absolute Gasteiger partial charge is 0.185 e. The number of methoxy groups -OCH3 is 1. The molecule has 0 amide bonds. The number of benzene rings is 1. The van der Waals surface area contributed by atoms with Gasteiger partial charge in [0.1, 0.15) is 18.0 Å². The zero-order valence-electron chi connectivity index (χ0n) is 15.3. The average Bonchev–Trinajstić information content (AvgIpc) is 3.29. The molecule has 0 aliphatic carbocycles. The summed E-state index contributed by atoms with van der Waals surface area (Å²) in [5.74, 6) is 1.81. The SMILES string of the molecule is COC1(c2ncnn2C)CN(c2ccc3nnc(-c4ccc(F)cc4)n3n2)C1. The van der Waals surface area contributed by atoms with Gasteiger partial charge in [0.25, 0.3) is 0 Å². The minimum absolute atomic E-state index is 0.300. The molecule has 0 saturated carbocycles. The number of anilines is 1. The first-order valence-electron chi connectivity index (χ1n) is 8.73. The minimum Gasteiger partial charge on any atom is -0.366 e. The third-order valence-corrected chi connectivity index (χ3v) is 5.08. The molecule has 0 radical (unpaired) electrons. The Bertz CT molecular complexity index is 1150. The maximum atomic E-state index is 13.2. The number of fused-ring (bicyclic) bond motifs is 1. The van der Waals surface area contributed by atoms with Crippen LogP contribution in [0.4, 0.5) is 10.2 Å². The van der Waals surface area contributed by atoms with Crippen molar-refractivity contribution >= 4 is 11.5 Å². The molecule has 0 unspecified atom stereocenters. The van der Waals surface area contributed by atoms with Crippen LogP contribution in [0.1, 0.15) is 5.82 Å². The molecule has 0 bridgehead atoms. The van der Waals surface area contributed by atoms with Crippen molar-refractivity contribution in [2.75, 3.05) is 25.1 Å².